The highest BCUT2D eigenvalue weighted by atomic mass is 16.5. The van der Waals surface area contributed by atoms with Gasteiger partial charge in [0.1, 0.15) is 11.4 Å². The highest BCUT2D eigenvalue weighted by molar-refractivity contribution is 5.74. The van der Waals surface area contributed by atoms with Crippen LogP contribution < -0.4 is 4.74 Å². The number of imidazole rings is 1. The Hall–Kier alpha value is -2.30. The van der Waals surface area contributed by atoms with Gasteiger partial charge in [-0.15, -0.1) is 0 Å². The molecule has 0 bridgehead atoms. The maximum Gasteiger partial charge on any atom is 0.309 e. The van der Waals surface area contributed by atoms with Crippen molar-refractivity contribution in [3.8, 4) is 17.0 Å². The molecule has 0 saturated heterocycles. The molecule has 5 nitrogen and oxygen atoms in total. The van der Waals surface area contributed by atoms with Crippen molar-refractivity contribution < 1.29 is 14.6 Å². The molecule has 0 fully saturated rings. The number of carbonyl (C=O) groups is 1. The number of aromatic amines is 1. The van der Waals surface area contributed by atoms with Crippen LogP contribution in [0.5, 0.6) is 5.75 Å². The molecular formula is C15H18N2O3. The van der Waals surface area contributed by atoms with Crippen LogP contribution in [0.3, 0.4) is 0 Å². The van der Waals surface area contributed by atoms with E-state index in [1.807, 2.05) is 45.0 Å². The molecule has 0 amide bonds. The summed E-state index contributed by atoms with van der Waals surface area (Å²) in [5.74, 6) is -0.111. The van der Waals surface area contributed by atoms with Gasteiger partial charge in [0.05, 0.1) is 24.1 Å². The Balaban J connectivity index is 2.22. The third-order valence-electron chi connectivity index (χ3n) is 2.60. The van der Waals surface area contributed by atoms with Crippen molar-refractivity contribution >= 4 is 5.97 Å². The maximum atomic E-state index is 10.8. The number of carboxylic acid groups (broad SMARTS) is 1. The van der Waals surface area contributed by atoms with Gasteiger partial charge in [-0.2, -0.15) is 0 Å². The van der Waals surface area contributed by atoms with Crippen LogP contribution in [0.15, 0.2) is 30.6 Å². The zero-order valence-corrected chi connectivity index (χ0v) is 11.8. The summed E-state index contributed by atoms with van der Waals surface area (Å²) in [5.41, 5.74) is 1.88. The summed E-state index contributed by atoms with van der Waals surface area (Å²) in [4.78, 5) is 17.8. The zero-order valence-electron chi connectivity index (χ0n) is 11.8. The summed E-state index contributed by atoms with van der Waals surface area (Å²) in [6.45, 7) is 5.96. The highest BCUT2D eigenvalue weighted by Crippen LogP contribution is 2.25. The second kappa shape index (κ2) is 5.36. The van der Waals surface area contributed by atoms with Crippen LogP contribution in [0.4, 0.5) is 0 Å². The van der Waals surface area contributed by atoms with Crippen LogP contribution in [-0.2, 0) is 11.2 Å². The quantitative estimate of drug-likeness (QED) is 0.899. The number of aromatic nitrogens is 2. The van der Waals surface area contributed by atoms with Crippen molar-refractivity contribution in [1.82, 2.24) is 9.97 Å². The van der Waals surface area contributed by atoms with Gasteiger partial charge in [-0.05, 0) is 45.0 Å². The molecule has 0 unspecified atom stereocenters. The Morgan fingerprint density at radius 3 is 2.50 bits per heavy atom. The highest BCUT2D eigenvalue weighted by Gasteiger charge is 2.14. The molecule has 20 heavy (non-hydrogen) atoms. The second-order valence-corrected chi connectivity index (χ2v) is 5.54. The Kier molecular flexibility index (Phi) is 3.79. The molecule has 2 N–H and O–H groups in total. The first kappa shape index (κ1) is 14.1. The largest absolute Gasteiger partial charge is 0.488 e. The lowest BCUT2D eigenvalue weighted by atomic mass is 10.1. The molecule has 5 heteroatoms. The van der Waals surface area contributed by atoms with E-state index in [1.165, 1.54) is 6.33 Å². The number of benzene rings is 1. The fraction of sp³-hybridized carbons (Fsp3) is 0.333. The third kappa shape index (κ3) is 3.60. The van der Waals surface area contributed by atoms with Crippen LogP contribution in [0, 0.1) is 0 Å². The number of nitrogens with zero attached hydrogens (tertiary/aromatic N) is 1. The van der Waals surface area contributed by atoms with Gasteiger partial charge >= 0.3 is 5.97 Å². The van der Waals surface area contributed by atoms with Gasteiger partial charge in [0.2, 0.25) is 0 Å². The Morgan fingerprint density at radius 2 is 1.95 bits per heavy atom. The first-order valence-electron chi connectivity index (χ1n) is 6.38. The molecule has 0 atom stereocenters. The average molecular weight is 274 g/mol. The van der Waals surface area contributed by atoms with E-state index in [0.717, 1.165) is 11.3 Å². The molecular weight excluding hydrogens is 256 g/mol. The molecule has 1 aromatic heterocycles. The number of hydrogen-bond donors (Lipinski definition) is 2. The predicted octanol–water partition coefficient (Wildman–Crippen LogP) is 2.88. The van der Waals surface area contributed by atoms with Crippen LogP contribution in [0.2, 0.25) is 0 Å². The van der Waals surface area contributed by atoms with Crippen molar-refractivity contribution in [3.63, 3.8) is 0 Å². The monoisotopic (exact) mass is 274 g/mol. The first-order chi connectivity index (χ1) is 9.35. The number of rotatable bonds is 4. The average Bonchev–Trinajstić information content (AvgIpc) is 2.75. The predicted molar refractivity (Wildman–Crippen MR) is 75.7 cm³/mol. The smallest absolute Gasteiger partial charge is 0.309 e. The number of aliphatic carboxylic acids is 1. The fourth-order valence-corrected chi connectivity index (χ4v) is 1.89. The van der Waals surface area contributed by atoms with Crippen molar-refractivity contribution in [2.75, 3.05) is 0 Å². The van der Waals surface area contributed by atoms with Crippen molar-refractivity contribution in [2.24, 2.45) is 0 Å². The van der Waals surface area contributed by atoms with E-state index in [4.69, 9.17) is 9.84 Å². The lowest BCUT2D eigenvalue weighted by Crippen LogP contribution is -2.22. The lowest BCUT2D eigenvalue weighted by molar-refractivity contribution is -0.136. The minimum atomic E-state index is -0.886. The fourth-order valence-electron chi connectivity index (χ4n) is 1.89. The van der Waals surface area contributed by atoms with E-state index in [1.54, 1.807) is 0 Å². The van der Waals surface area contributed by atoms with Gasteiger partial charge in [0.25, 0.3) is 0 Å². The summed E-state index contributed by atoms with van der Waals surface area (Å²) in [5, 5.41) is 8.86. The molecule has 2 aromatic rings. The lowest BCUT2D eigenvalue weighted by Gasteiger charge is -2.21. The molecule has 1 aromatic carbocycles. The number of hydrogen-bond acceptors (Lipinski definition) is 3. The summed E-state index contributed by atoms with van der Waals surface area (Å²) in [6, 6.07) is 7.48. The Labute approximate surface area is 117 Å². The van der Waals surface area contributed by atoms with Gasteiger partial charge in [0, 0.05) is 5.56 Å². The van der Waals surface area contributed by atoms with Crippen molar-refractivity contribution in [1.29, 1.82) is 0 Å². The molecule has 1 heterocycles. The Bertz CT molecular complexity index is 594. The minimum Gasteiger partial charge on any atom is -0.488 e. The van der Waals surface area contributed by atoms with E-state index < -0.39 is 5.97 Å². The number of H-pyrrole nitrogens is 1. The number of nitrogens with one attached hydrogen (secondary N) is 1. The zero-order chi connectivity index (χ0) is 14.8. The second-order valence-electron chi connectivity index (χ2n) is 5.54. The SMILES string of the molecule is CC(C)(C)Oc1ccc(-c2nc[nH]c2CC(=O)O)cc1. The van der Waals surface area contributed by atoms with E-state index >= 15 is 0 Å². The molecule has 0 spiro atoms. The summed E-state index contributed by atoms with van der Waals surface area (Å²) >= 11 is 0. The van der Waals surface area contributed by atoms with Crippen molar-refractivity contribution in [3.05, 3.63) is 36.3 Å². The van der Waals surface area contributed by atoms with Crippen molar-refractivity contribution in [2.45, 2.75) is 32.8 Å². The van der Waals surface area contributed by atoms with Crippen LogP contribution in [0.1, 0.15) is 26.5 Å². The van der Waals surface area contributed by atoms with Crippen LogP contribution in [-0.4, -0.2) is 26.6 Å². The van der Waals surface area contributed by atoms with Gasteiger partial charge in [-0.25, -0.2) is 4.98 Å². The van der Waals surface area contributed by atoms with Gasteiger partial charge < -0.3 is 14.8 Å². The van der Waals surface area contributed by atoms with Crippen LogP contribution >= 0.6 is 0 Å². The first-order valence-corrected chi connectivity index (χ1v) is 6.38. The molecule has 0 saturated carbocycles. The normalized spacial score (nSPS) is 11.3. The summed E-state index contributed by atoms with van der Waals surface area (Å²) < 4.78 is 5.75. The van der Waals surface area contributed by atoms with E-state index in [-0.39, 0.29) is 12.0 Å². The van der Waals surface area contributed by atoms with E-state index in [0.29, 0.717) is 11.4 Å². The Morgan fingerprint density at radius 1 is 1.30 bits per heavy atom. The molecule has 106 valence electrons. The number of carboxylic acids is 1. The van der Waals surface area contributed by atoms with Crippen LogP contribution in [0.25, 0.3) is 11.3 Å². The summed E-state index contributed by atoms with van der Waals surface area (Å²) in [7, 11) is 0. The summed E-state index contributed by atoms with van der Waals surface area (Å²) in [6.07, 6.45) is 1.43. The minimum absolute atomic E-state index is 0.0738. The van der Waals surface area contributed by atoms with Gasteiger partial charge in [0.15, 0.2) is 0 Å². The molecule has 0 aliphatic carbocycles. The van der Waals surface area contributed by atoms with Gasteiger partial charge in [-0.3, -0.25) is 4.79 Å². The molecule has 0 aliphatic heterocycles. The molecule has 2 rings (SSSR count). The maximum absolute atomic E-state index is 10.8. The number of ether oxygens (including phenoxy) is 1. The topological polar surface area (TPSA) is 75.2 Å². The standard InChI is InChI=1S/C15H18N2O3/c1-15(2,3)20-11-6-4-10(5-7-11)14-12(8-13(18)19)16-9-17-14/h4-7,9H,8H2,1-3H3,(H,16,17)(H,18,19). The molecule has 0 aliphatic rings. The van der Waals surface area contributed by atoms with E-state index in [2.05, 4.69) is 9.97 Å². The van der Waals surface area contributed by atoms with Gasteiger partial charge in [-0.1, -0.05) is 0 Å². The third-order valence-corrected chi connectivity index (χ3v) is 2.60. The molecule has 0 radical (unpaired) electrons. The van der Waals surface area contributed by atoms with E-state index in [9.17, 15) is 4.79 Å².